The minimum atomic E-state index is -1.02. The molecule has 1 rings (SSSR count). The molecule has 2 atom stereocenters. The van der Waals surface area contributed by atoms with Crippen molar-refractivity contribution >= 4 is 24.5 Å². The van der Waals surface area contributed by atoms with Gasteiger partial charge >= 0.3 is 5.97 Å². The molecule has 1 fully saturated rings. The molecule has 1 amide bonds. The molecule has 4 nitrogen and oxygen atoms in total. The summed E-state index contributed by atoms with van der Waals surface area (Å²) in [6.45, 7) is 1.50. The van der Waals surface area contributed by atoms with Crippen LogP contribution in [0.3, 0.4) is 0 Å². The van der Waals surface area contributed by atoms with Crippen LogP contribution in [0.4, 0.5) is 0 Å². The molecule has 0 aliphatic heterocycles. The second kappa shape index (κ2) is 6.13. The Kier molecular flexibility index (Phi) is 5.12. The molecule has 0 aromatic carbocycles. The Balaban J connectivity index is 2.39. The van der Waals surface area contributed by atoms with E-state index in [1.807, 2.05) is 6.92 Å². The number of carbonyl (C=O) groups excluding carboxylic acids is 1. The summed E-state index contributed by atoms with van der Waals surface area (Å²) in [5.74, 6) is -0.967. The van der Waals surface area contributed by atoms with Gasteiger partial charge in [0.2, 0.25) is 5.91 Å². The third kappa shape index (κ3) is 3.70. The predicted molar refractivity (Wildman–Crippen MR) is 64.5 cm³/mol. The second-order valence-electron chi connectivity index (χ2n) is 4.44. The number of hydrogen-bond acceptors (Lipinski definition) is 3. The van der Waals surface area contributed by atoms with Gasteiger partial charge in [-0.3, -0.25) is 9.59 Å². The summed E-state index contributed by atoms with van der Waals surface area (Å²) in [6, 6.07) is 0. The highest BCUT2D eigenvalue weighted by Crippen LogP contribution is 2.33. The van der Waals surface area contributed by atoms with E-state index in [-0.39, 0.29) is 23.6 Å². The Morgan fingerprint density at radius 2 is 2.00 bits per heavy atom. The van der Waals surface area contributed by atoms with E-state index in [0.717, 1.165) is 12.8 Å². The first-order valence-electron chi connectivity index (χ1n) is 5.70. The molecule has 1 saturated carbocycles. The van der Waals surface area contributed by atoms with E-state index in [1.54, 1.807) is 0 Å². The number of nitrogens with one attached hydrogen (secondary N) is 1. The average Bonchev–Trinajstić information content (AvgIpc) is 2.77. The van der Waals surface area contributed by atoms with Crippen molar-refractivity contribution in [1.82, 2.24) is 5.32 Å². The van der Waals surface area contributed by atoms with Crippen molar-refractivity contribution in [3.8, 4) is 0 Å². The van der Waals surface area contributed by atoms with Crippen LogP contribution in [0.1, 0.15) is 32.6 Å². The second-order valence-corrected chi connectivity index (χ2v) is 5.03. The van der Waals surface area contributed by atoms with E-state index in [2.05, 4.69) is 17.9 Å². The van der Waals surface area contributed by atoms with E-state index in [4.69, 9.17) is 5.11 Å². The van der Waals surface area contributed by atoms with Gasteiger partial charge in [-0.1, -0.05) is 19.8 Å². The first kappa shape index (κ1) is 13.4. The molecule has 0 aromatic heterocycles. The van der Waals surface area contributed by atoms with Crippen molar-refractivity contribution in [3.63, 3.8) is 0 Å². The van der Waals surface area contributed by atoms with E-state index >= 15 is 0 Å². The van der Waals surface area contributed by atoms with Gasteiger partial charge in [0.25, 0.3) is 0 Å². The molecule has 5 heteroatoms. The van der Waals surface area contributed by atoms with Crippen LogP contribution in [0.5, 0.6) is 0 Å². The fourth-order valence-electron chi connectivity index (χ4n) is 2.19. The number of aliphatic carboxylic acids is 1. The van der Waals surface area contributed by atoms with Crippen molar-refractivity contribution < 1.29 is 14.7 Å². The predicted octanol–water partition coefficient (Wildman–Crippen LogP) is 1.31. The van der Waals surface area contributed by atoms with Gasteiger partial charge in [-0.05, 0) is 18.8 Å². The fraction of sp³-hybridized carbons (Fsp3) is 0.818. The molecule has 0 bridgehead atoms. The van der Waals surface area contributed by atoms with Gasteiger partial charge in [-0.15, -0.1) is 0 Å². The topological polar surface area (TPSA) is 66.4 Å². The molecule has 0 spiro atoms. The minimum Gasteiger partial charge on any atom is -0.480 e. The van der Waals surface area contributed by atoms with Crippen molar-refractivity contribution in [2.45, 2.75) is 37.9 Å². The monoisotopic (exact) mass is 245 g/mol. The number of carbonyl (C=O) groups is 2. The first-order chi connectivity index (χ1) is 7.52. The normalized spacial score (nSPS) is 20.4. The Morgan fingerprint density at radius 1 is 1.44 bits per heavy atom. The molecular formula is C11H19NO3S. The fourth-order valence-corrected chi connectivity index (χ4v) is 2.62. The number of carboxylic acid groups (broad SMARTS) is 1. The Labute approximate surface area is 101 Å². The molecule has 0 heterocycles. The van der Waals surface area contributed by atoms with Crippen LogP contribution in [0.2, 0.25) is 0 Å². The van der Waals surface area contributed by atoms with Crippen molar-refractivity contribution in [2.75, 3.05) is 6.54 Å². The summed E-state index contributed by atoms with van der Waals surface area (Å²) in [5, 5.41) is 10.9. The zero-order valence-corrected chi connectivity index (χ0v) is 10.4. The molecule has 1 aliphatic carbocycles. The maximum atomic E-state index is 11.6. The zero-order chi connectivity index (χ0) is 12.1. The van der Waals surface area contributed by atoms with Crippen LogP contribution in [0.15, 0.2) is 0 Å². The maximum Gasteiger partial charge on any atom is 0.322 e. The number of carboxylic acids is 1. The van der Waals surface area contributed by atoms with Gasteiger partial charge in [-0.2, -0.15) is 12.6 Å². The number of thiol groups is 1. The highest BCUT2D eigenvalue weighted by Gasteiger charge is 2.30. The molecule has 0 radical (unpaired) electrons. The lowest BCUT2D eigenvalue weighted by molar-refractivity contribution is -0.138. The molecular weight excluding hydrogens is 226 g/mol. The van der Waals surface area contributed by atoms with Gasteiger partial charge in [0, 0.05) is 11.2 Å². The van der Waals surface area contributed by atoms with Gasteiger partial charge in [0.1, 0.15) is 6.54 Å². The van der Waals surface area contributed by atoms with Crippen molar-refractivity contribution in [3.05, 3.63) is 0 Å². The van der Waals surface area contributed by atoms with Gasteiger partial charge in [-0.25, -0.2) is 0 Å². The highest BCUT2D eigenvalue weighted by atomic mass is 32.1. The molecule has 2 unspecified atom stereocenters. The lowest BCUT2D eigenvalue weighted by Crippen LogP contribution is -2.38. The van der Waals surface area contributed by atoms with Gasteiger partial charge in [0.05, 0.1) is 0 Å². The lowest BCUT2D eigenvalue weighted by Gasteiger charge is -2.23. The Hall–Kier alpha value is -0.710. The smallest absolute Gasteiger partial charge is 0.322 e. The van der Waals surface area contributed by atoms with Crippen LogP contribution in [0, 0.1) is 11.8 Å². The molecule has 0 saturated heterocycles. The molecule has 2 N–H and O–H groups in total. The minimum absolute atomic E-state index is 0.0382. The first-order valence-corrected chi connectivity index (χ1v) is 6.21. The third-order valence-electron chi connectivity index (χ3n) is 3.22. The Morgan fingerprint density at radius 3 is 2.50 bits per heavy atom. The van der Waals surface area contributed by atoms with Crippen LogP contribution >= 0.6 is 12.6 Å². The van der Waals surface area contributed by atoms with Crippen LogP contribution in [-0.2, 0) is 9.59 Å². The van der Waals surface area contributed by atoms with Gasteiger partial charge in [0.15, 0.2) is 0 Å². The largest absolute Gasteiger partial charge is 0.480 e. The van der Waals surface area contributed by atoms with E-state index in [1.165, 1.54) is 12.8 Å². The SMILES string of the molecule is CC(C(=O)NCC(=O)O)C(S)C1CCCC1. The summed E-state index contributed by atoms with van der Waals surface area (Å²) < 4.78 is 0. The molecule has 1 aliphatic rings. The van der Waals surface area contributed by atoms with Crippen LogP contribution < -0.4 is 5.32 Å². The zero-order valence-electron chi connectivity index (χ0n) is 9.48. The third-order valence-corrected chi connectivity index (χ3v) is 4.09. The highest BCUT2D eigenvalue weighted by molar-refractivity contribution is 7.81. The summed E-state index contributed by atoms with van der Waals surface area (Å²) in [6.07, 6.45) is 4.69. The van der Waals surface area contributed by atoms with E-state index < -0.39 is 5.97 Å². The van der Waals surface area contributed by atoms with E-state index in [0.29, 0.717) is 5.92 Å². The van der Waals surface area contributed by atoms with Crippen molar-refractivity contribution in [1.29, 1.82) is 0 Å². The summed E-state index contributed by atoms with van der Waals surface area (Å²) >= 11 is 4.50. The quantitative estimate of drug-likeness (QED) is 0.640. The summed E-state index contributed by atoms with van der Waals surface area (Å²) in [5.41, 5.74) is 0. The molecule has 92 valence electrons. The van der Waals surface area contributed by atoms with Crippen LogP contribution in [-0.4, -0.2) is 28.8 Å². The number of hydrogen-bond donors (Lipinski definition) is 3. The van der Waals surface area contributed by atoms with Crippen molar-refractivity contribution in [2.24, 2.45) is 11.8 Å². The standard InChI is InChI=1S/C11H19NO3S/c1-7(11(15)12-6-9(13)14)10(16)8-4-2-3-5-8/h7-8,10,16H,2-6H2,1H3,(H,12,15)(H,13,14). The van der Waals surface area contributed by atoms with E-state index in [9.17, 15) is 9.59 Å². The average molecular weight is 245 g/mol. The van der Waals surface area contributed by atoms with Crippen LogP contribution in [0.25, 0.3) is 0 Å². The number of rotatable bonds is 5. The summed E-state index contributed by atoms with van der Waals surface area (Å²) in [7, 11) is 0. The summed E-state index contributed by atoms with van der Waals surface area (Å²) in [4.78, 5) is 21.9. The maximum absolute atomic E-state index is 11.6. The Bertz CT molecular complexity index is 264. The molecule has 16 heavy (non-hydrogen) atoms. The lowest BCUT2D eigenvalue weighted by atomic mass is 9.93. The van der Waals surface area contributed by atoms with Gasteiger partial charge < -0.3 is 10.4 Å². The number of amides is 1. The molecule has 0 aromatic rings.